The highest BCUT2D eigenvalue weighted by atomic mass is 19.3. The highest BCUT2D eigenvalue weighted by Gasteiger charge is 2.52. The Kier molecular flexibility index (Phi) is 8.96. The SMILES string of the molecule is CCNC(=O)C(=O)[C@H](CC(F)F)NC(=O)[C@@H]1[C@H]2CCC[C@H]2CN1C(=O)[C@@H](NC(N)=O)C(C)(C)C. The molecule has 0 spiro atoms. The normalized spacial score (nSPS) is 23.7. The quantitative estimate of drug-likeness (QED) is 0.350. The molecule has 1 heterocycles. The maximum Gasteiger partial charge on any atom is 0.312 e. The van der Waals surface area contributed by atoms with E-state index in [-0.39, 0.29) is 24.9 Å². The van der Waals surface area contributed by atoms with Crippen LogP contribution in [0.3, 0.4) is 0 Å². The second kappa shape index (κ2) is 11.1. The fourth-order valence-electron chi connectivity index (χ4n) is 4.90. The van der Waals surface area contributed by atoms with E-state index >= 15 is 0 Å². The van der Waals surface area contributed by atoms with E-state index in [0.717, 1.165) is 12.8 Å². The number of hydrogen-bond acceptors (Lipinski definition) is 5. The number of Topliss-reactive ketones (excluding diaryl/α,β-unsaturated/α-hetero) is 1. The van der Waals surface area contributed by atoms with Crippen molar-refractivity contribution in [3.8, 4) is 0 Å². The average Bonchev–Trinajstić information content (AvgIpc) is 3.30. The fourth-order valence-corrected chi connectivity index (χ4v) is 4.90. The van der Waals surface area contributed by atoms with Gasteiger partial charge in [-0.05, 0) is 37.0 Å². The number of carbonyl (C=O) groups is 5. The van der Waals surface area contributed by atoms with Crippen LogP contribution < -0.4 is 21.7 Å². The number of carbonyl (C=O) groups excluding carboxylic acids is 5. The van der Waals surface area contributed by atoms with E-state index in [9.17, 15) is 32.8 Å². The number of hydrogen-bond donors (Lipinski definition) is 4. The number of nitrogens with two attached hydrogens (primary N) is 1. The first-order chi connectivity index (χ1) is 15.8. The number of nitrogens with one attached hydrogen (secondary N) is 3. The molecule has 1 saturated heterocycles. The molecule has 0 aromatic heterocycles. The van der Waals surface area contributed by atoms with E-state index in [4.69, 9.17) is 5.73 Å². The average molecular weight is 488 g/mol. The largest absolute Gasteiger partial charge is 0.352 e. The summed E-state index contributed by atoms with van der Waals surface area (Å²) in [4.78, 5) is 64.1. The molecule has 34 heavy (non-hydrogen) atoms. The van der Waals surface area contributed by atoms with Gasteiger partial charge in [0.25, 0.3) is 5.91 Å². The van der Waals surface area contributed by atoms with E-state index in [1.54, 1.807) is 27.7 Å². The highest BCUT2D eigenvalue weighted by molar-refractivity contribution is 6.38. The molecule has 5 amide bonds. The molecule has 0 unspecified atom stereocenters. The highest BCUT2D eigenvalue weighted by Crippen LogP contribution is 2.43. The first-order valence-corrected chi connectivity index (χ1v) is 11.5. The van der Waals surface area contributed by atoms with Gasteiger partial charge in [-0.2, -0.15) is 0 Å². The summed E-state index contributed by atoms with van der Waals surface area (Å²) in [5, 5.41) is 7.01. The van der Waals surface area contributed by atoms with E-state index in [1.807, 2.05) is 0 Å². The topological polar surface area (TPSA) is 151 Å². The van der Waals surface area contributed by atoms with Gasteiger partial charge in [-0.25, -0.2) is 13.6 Å². The number of primary amides is 1. The molecule has 2 fully saturated rings. The van der Waals surface area contributed by atoms with Gasteiger partial charge in [0, 0.05) is 19.5 Å². The first kappa shape index (κ1) is 27.5. The molecule has 0 bridgehead atoms. The van der Waals surface area contributed by atoms with E-state index in [0.29, 0.717) is 6.42 Å². The lowest BCUT2D eigenvalue weighted by Crippen LogP contribution is -2.60. The third-order valence-corrected chi connectivity index (χ3v) is 6.45. The Morgan fingerprint density at radius 1 is 1.09 bits per heavy atom. The molecule has 0 radical (unpaired) electrons. The Morgan fingerprint density at radius 2 is 1.74 bits per heavy atom. The zero-order valence-corrected chi connectivity index (χ0v) is 20.0. The van der Waals surface area contributed by atoms with Gasteiger partial charge in [-0.3, -0.25) is 19.2 Å². The van der Waals surface area contributed by atoms with Gasteiger partial charge in [0.2, 0.25) is 24.0 Å². The van der Waals surface area contributed by atoms with Crippen molar-refractivity contribution in [2.24, 2.45) is 23.0 Å². The van der Waals surface area contributed by atoms with E-state index < -0.39 is 65.9 Å². The van der Waals surface area contributed by atoms with Crippen LogP contribution in [0.1, 0.15) is 53.4 Å². The summed E-state index contributed by atoms with van der Waals surface area (Å²) >= 11 is 0. The monoisotopic (exact) mass is 487 g/mol. The lowest BCUT2D eigenvalue weighted by atomic mass is 9.85. The Labute approximate surface area is 197 Å². The number of ketones is 1. The molecular formula is C22H35F2N5O5. The van der Waals surface area contributed by atoms with Gasteiger partial charge in [-0.15, -0.1) is 0 Å². The minimum Gasteiger partial charge on any atom is -0.352 e. The van der Waals surface area contributed by atoms with Crippen LogP contribution in [0.2, 0.25) is 0 Å². The summed E-state index contributed by atoms with van der Waals surface area (Å²) in [6, 6.07) is -4.65. The summed E-state index contributed by atoms with van der Waals surface area (Å²) in [5.74, 6) is -3.70. The number of urea groups is 1. The number of likely N-dealkylation sites (N-methyl/N-ethyl adjacent to an activating group) is 1. The first-order valence-electron chi connectivity index (χ1n) is 11.5. The molecule has 1 saturated carbocycles. The predicted octanol–water partition coefficient (Wildman–Crippen LogP) is 0.542. The van der Waals surface area contributed by atoms with Crippen LogP contribution in [0, 0.1) is 17.3 Å². The Hall–Kier alpha value is -2.79. The summed E-state index contributed by atoms with van der Waals surface area (Å²) in [5.41, 5.74) is 4.54. The smallest absolute Gasteiger partial charge is 0.312 e. The third-order valence-electron chi connectivity index (χ3n) is 6.45. The summed E-state index contributed by atoms with van der Waals surface area (Å²) in [6.07, 6.45) is -1.67. The second-order valence-electron chi connectivity index (χ2n) is 10.0. The number of nitrogens with zero attached hydrogens (tertiary/aromatic N) is 1. The number of alkyl halides is 2. The number of fused-ring (bicyclic) bond motifs is 1. The van der Waals surface area contributed by atoms with Gasteiger partial charge in [0.15, 0.2) is 0 Å². The van der Waals surface area contributed by atoms with Gasteiger partial charge >= 0.3 is 6.03 Å². The van der Waals surface area contributed by atoms with Crippen molar-refractivity contribution < 1.29 is 32.8 Å². The number of halogens is 2. The van der Waals surface area contributed by atoms with Crippen molar-refractivity contribution in [3.63, 3.8) is 0 Å². The van der Waals surface area contributed by atoms with E-state index in [1.165, 1.54) is 4.90 Å². The van der Waals surface area contributed by atoms with Crippen LogP contribution in [0.25, 0.3) is 0 Å². The van der Waals surface area contributed by atoms with Crippen molar-refractivity contribution in [2.45, 2.75) is 77.9 Å². The van der Waals surface area contributed by atoms with Gasteiger partial charge in [0.05, 0.1) is 0 Å². The van der Waals surface area contributed by atoms with Crippen molar-refractivity contribution in [3.05, 3.63) is 0 Å². The molecule has 1 aliphatic heterocycles. The molecule has 10 nitrogen and oxygen atoms in total. The van der Waals surface area contributed by atoms with Crippen LogP contribution in [0.4, 0.5) is 13.6 Å². The molecular weight excluding hydrogens is 452 g/mol. The summed E-state index contributed by atoms with van der Waals surface area (Å²) in [7, 11) is 0. The fraction of sp³-hybridized carbons (Fsp3) is 0.773. The molecule has 1 aliphatic carbocycles. The molecule has 0 aromatic carbocycles. The minimum atomic E-state index is -2.94. The van der Waals surface area contributed by atoms with Gasteiger partial charge in [-0.1, -0.05) is 27.2 Å². The predicted molar refractivity (Wildman–Crippen MR) is 119 cm³/mol. The van der Waals surface area contributed by atoms with Crippen LogP contribution in [-0.4, -0.2) is 72.1 Å². The van der Waals surface area contributed by atoms with Gasteiger partial charge in [0.1, 0.15) is 18.1 Å². The Bertz CT molecular complexity index is 816. The molecule has 2 aliphatic rings. The number of rotatable bonds is 9. The Morgan fingerprint density at radius 3 is 2.26 bits per heavy atom. The van der Waals surface area contributed by atoms with Crippen molar-refractivity contribution >= 4 is 29.5 Å². The Balaban J connectivity index is 2.32. The maximum atomic E-state index is 13.5. The third kappa shape index (κ3) is 6.41. The zero-order valence-electron chi connectivity index (χ0n) is 20.0. The minimum absolute atomic E-state index is 0.0292. The molecule has 2 rings (SSSR count). The van der Waals surface area contributed by atoms with Gasteiger partial charge < -0.3 is 26.6 Å². The van der Waals surface area contributed by atoms with Crippen molar-refractivity contribution in [1.29, 1.82) is 0 Å². The van der Waals surface area contributed by atoms with Crippen LogP contribution >= 0.6 is 0 Å². The number of amides is 5. The van der Waals surface area contributed by atoms with Crippen LogP contribution in [0.15, 0.2) is 0 Å². The maximum absolute atomic E-state index is 13.5. The van der Waals surface area contributed by atoms with Crippen LogP contribution in [-0.2, 0) is 19.2 Å². The molecule has 192 valence electrons. The molecule has 5 N–H and O–H groups in total. The zero-order chi connectivity index (χ0) is 25.8. The lowest BCUT2D eigenvalue weighted by molar-refractivity contribution is -0.145. The van der Waals surface area contributed by atoms with E-state index in [2.05, 4.69) is 16.0 Å². The standard InChI is InChI=1S/C22H35F2N5O5/c1-5-26-19(32)16(30)13(9-14(23)24)27-18(31)15-12-8-6-7-11(12)10-29(15)20(33)17(22(2,3)4)28-21(25)34/h11-15,17H,5-10H2,1-4H3,(H,26,32)(H,27,31)(H3,25,28,34)/t11-,12-,13-,15-,17+/m0/s1. The lowest BCUT2D eigenvalue weighted by Gasteiger charge is -2.36. The molecule has 12 heteroatoms. The van der Waals surface area contributed by atoms with Crippen molar-refractivity contribution in [1.82, 2.24) is 20.9 Å². The second-order valence-corrected chi connectivity index (χ2v) is 10.0. The number of likely N-dealkylation sites (tertiary alicyclic amines) is 1. The van der Waals surface area contributed by atoms with Crippen LogP contribution in [0.5, 0.6) is 0 Å². The summed E-state index contributed by atoms with van der Waals surface area (Å²) < 4.78 is 26.3. The molecule has 0 aromatic rings. The summed E-state index contributed by atoms with van der Waals surface area (Å²) in [6.45, 7) is 7.16. The van der Waals surface area contributed by atoms with Crippen molar-refractivity contribution in [2.75, 3.05) is 13.1 Å². The molecule has 5 atom stereocenters.